The molecule has 0 aliphatic heterocycles. The number of aromatic nitrogens is 2. The molecule has 0 unspecified atom stereocenters. The Morgan fingerprint density at radius 3 is 2.53 bits per heavy atom. The van der Waals surface area contributed by atoms with Crippen molar-refractivity contribution in [3.63, 3.8) is 0 Å². The summed E-state index contributed by atoms with van der Waals surface area (Å²) in [6, 6.07) is 5.16. The van der Waals surface area contributed by atoms with E-state index < -0.39 is 5.41 Å². The van der Waals surface area contributed by atoms with Gasteiger partial charge in [-0.05, 0) is 12.1 Å². The third kappa shape index (κ3) is 1.90. The Morgan fingerprint density at radius 2 is 1.94 bits per heavy atom. The van der Waals surface area contributed by atoms with Gasteiger partial charge in [-0.25, -0.2) is 0 Å². The highest BCUT2D eigenvalue weighted by Crippen LogP contribution is 2.22. The molecule has 1 heterocycles. The van der Waals surface area contributed by atoms with Gasteiger partial charge in [-0.2, -0.15) is 0 Å². The minimum atomic E-state index is -0.414. The molecule has 1 aromatic heterocycles. The molecule has 0 aliphatic carbocycles. The monoisotopic (exact) mass is 232 g/mol. The number of nitrogens with one attached hydrogen (secondary N) is 1. The summed E-state index contributed by atoms with van der Waals surface area (Å²) in [6.45, 7) is 5.65. The Balaban J connectivity index is 2.60. The zero-order valence-electron chi connectivity index (χ0n) is 10.5. The van der Waals surface area contributed by atoms with Crippen LogP contribution in [0.15, 0.2) is 23.0 Å². The molecular weight excluding hydrogens is 216 g/mol. The number of aryl methyl sites for hydroxylation is 1. The molecule has 17 heavy (non-hydrogen) atoms. The maximum Gasteiger partial charge on any atom is 0.274 e. The molecule has 4 nitrogen and oxygen atoms in total. The molecule has 0 atom stereocenters. The number of aromatic amines is 1. The smallest absolute Gasteiger partial charge is 0.274 e. The van der Waals surface area contributed by atoms with Crippen molar-refractivity contribution in [3.8, 4) is 0 Å². The van der Waals surface area contributed by atoms with E-state index in [4.69, 9.17) is 0 Å². The molecule has 1 aromatic carbocycles. The Hall–Kier alpha value is -1.84. The van der Waals surface area contributed by atoms with Gasteiger partial charge in [0.15, 0.2) is 5.78 Å². The number of fused-ring (bicyclic) bond motifs is 1. The van der Waals surface area contributed by atoms with Gasteiger partial charge < -0.3 is 0 Å². The summed E-state index contributed by atoms with van der Waals surface area (Å²) in [5.41, 5.74) is 0.845. The highest BCUT2D eigenvalue weighted by Gasteiger charge is 2.23. The molecule has 0 aliphatic rings. The highest BCUT2D eigenvalue weighted by molar-refractivity contribution is 6.02. The zero-order valence-corrected chi connectivity index (χ0v) is 10.5. The van der Waals surface area contributed by atoms with E-state index >= 15 is 0 Å². The van der Waals surface area contributed by atoms with Crippen molar-refractivity contribution in [2.75, 3.05) is 0 Å². The van der Waals surface area contributed by atoms with Crippen molar-refractivity contribution in [1.29, 1.82) is 0 Å². The van der Waals surface area contributed by atoms with Crippen LogP contribution in [0, 0.1) is 5.41 Å². The summed E-state index contributed by atoms with van der Waals surface area (Å²) in [6.07, 6.45) is 0. The van der Waals surface area contributed by atoms with Crippen LogP contribution in [-0.4, -0.2) is 15.6 Å². The first-order chi connectivity index (χ1) is 7.80. The van der Waals surface area contributed by atoms with Crippen LogP contribution in [0.25, 0.3) is 10.9 Å². The third-order valence-electron chi connectivity index (χ3n) is 2.79. The fraction of sp³-hybridized carbons (Fsp3) is 0.385. The molecule has 90 valence electrons. The molecule has 0 spiro atoms. The number of hydrogen-bond acceptors (Lipinski definition) is 2. The predicted molar refractivity (Wildman–Crippen MR) is 67.3 cm³/mol. The van der Waals surface area contributed by atoms with E-state index in [9.17, 15) is 9.59 Å². The fourth-order valence-electron chi connectivity index (χ4n) is 1.81. The van der Waals surface area contributed by atoms with Gasteiger partial charge in [-0.3, -0.25) is 19.4 Å². The second-order valence-corrected chi connectivity index (χ2v) is 5.32. The number of H-pyrrole nitrogens is 1. The van der Waals surface area contributed by atoms with Crippen LogP contribution >= 0.6 is 0 Å². The van der Waals surface area contributed by atoms with E-state index in [-0.39, 0.29) is 11.3 Å². The van der Waals surface area contributed by atoms with Gasteiger partial charge in [0.25, 0.3) is 5.56 Å². The van der Waals surface area contributed by atoms with Gasteiger partial charge in [-0.15, -0.1) is 0 Å². The van der Waals surface area contributed by atoms with Crippen LogP contribution in [0.4, 0.5) is 0 Å². The lowest BCUT2D eigenvalue weighted by molar-refractivity contribution is 0.0858. The van der Waals surface area contributed by atoms with E-state index in [0.717, 1.165) is 0 Å². The minimum Gasteiger partial charge on any atom is -0.295 e. The van der Waals surface area contributed by atoms with Crippen molar-refractivity contribution in [2.24, 2.45) is 12.5 Å². The van der Waals surface area contributed by atoms with E-state index in [1.54, 1.807) is 25.2 Å². The number of carbonyl (C=O) groups excluding carboxylic acids is 1. The lowest BCUT2D eigenvalue weighted by atomic mass is 9.86. The number of rotatable bonds is 1. The Bertz CT molecular complexity index is 641. The number of hydrogen-bond donors (Lipinski definition) is 1. The van der Waals surface area contributed by atoms with Crippen molar-refractivity contribution < 1.29 is 4.79 Å². The van der Waals surface area contributed by atoms with Crippen molar-refractivity contribution >= 4 is 16.7 Å². The maximum absolute atomic E-state index is 12.1. The van der Waals surface area contributed by atoms with Gasteiger partial charge in [0.1, 0.15) is 0 Å². The van der Waals surface area contributed by atoms with Crippen LogP contribution in [0.3, 0.4) is 0 Å². The lowest BCUT2D eigenvalue weighted by Crippen LogP contribution is -2.20. The van der Waals surface area contributed by atoms with E-state index in [2.05, 4.69) is 5.10 Å². The van der Waals surface area contributed by atoms with Gasteiger partial charge in [0.2, 0.25) is 0 Å². The Kier molecular flexibility index (Phi) is 2.45. The van der Waals surface area contributed by atoms with E-state index in [1.165, 1.54) is 4.68 Å². The van der Waals surface area contributed by atoms with Crippen LogP contribution in [0.1, 0.15) is 31.1 Å². The second kappa shape index (κ2) is 3.58. The number of benzene rings is 1. The summed E-state index contributed by atoms with van der Waals surface area (Å²) in [5, 5.41) is 3.53. The van der Waals surface area contributed by atoms with E-state index in [1.807, 2.05) is 20.8 Å². The largest absolute Gasteiger partial charge is 0.295 e. The number of ketones is 1. The SMILES string of the molecule is Cn1[nH]c2cc(C(=O)C(C)(C)C)ccc2c1=O. The van der Waals surface area contributed by atoms with Crippen LogP contribution < -0.4 is 5.56 Å². The molecule has 4 heteroatoms. The van der Waals surface area contributed by atoms with Gasteiger partial charge in [-0.1, -0.05) is 26.8 Å². The molecule has 1 N–H and O–H groups in total. The van der Waals surface area contributed by atoms with Gasteiger partial charge >= 0.3 is 0 Å². The normalized spacial score (nSPS) is 12.0. The predicted octanol–water partition coefficient (Wildman–Crippen LogP) is 2.10. The highest BCUT2D eigenvalue weighted by atomic mass is 16.1. The summed E-state index contributed by atoms with van der Waals surface area (Å²) >= 11 is 0. The lowest BCUT2D eigenvalue weighted by Gasteiger charge is -2.16. The van der Waals surface area contributed by atoms with Crippen molar-refractivity contribution in [3.05, 3.63) is 34.1 Å². The topological polar surface area (TPSA) is 54.9 Å². The number of nitrogens with zero attached hydrogens (tertiary/aromatic N) is 1. The average Bonchev–Trinajstić information content (AvgIpc) is 2.52. The molecule has 0 radical (unpaired) electrons. The molecular formula is C13H16N2O2. The minimum absolute atomic E-state index is 0.0732. The van der Waals surface area contributed by atoms with Crippen molar-refractivity contribution in [2.45, 2.75) is 20.8 Å². The standard InChI is InChI=1S/C13H16N2O2/c1-13(2,3)11(16)8-5-6-9-10(7-8)14-15(4)12(9)17/h5-7,14H,1-4H3. The first-order valence-corrected chi connectivity index (χ1v) is 5.54. The third-order valence-corrected chi connectivity index (χ3v) is 2.79. The zero-order chi connectivity index (χ0) is 12.8. The first-order valence-electron chi connectivity index (χ1n) is 5.54. The fourth-order valence-corrected chi connectivity index (χ4v) is 1.81. The van der Waals surface area contributed by atoms with Crippen molar-refractivity contribution in [1.82, 2.24) is 9.78 Å². The quantitative estimate of drug-likeness (QED) is 0.765. The molecule has 2 aromatic rings. The summed E-state index contributed by atoms with van der Waals surface area (Å²) in [5.74, 6) is 0.0732. The Labute approximate surface area is 99.2 Å². The second-order valence-electron chi connectivity index (χ2n) is 5.32. The number of carbonyl (C=O) groups is 1. The van der Waals surface area contributed by atoms with Crippen LogP contribution in [-0.2, 0) is 7.05 Å². The molecule has 2 rings (SSSR count). The van der Waals surface area contributed by atoms with Crippen LogP contribution in [0.2, 0.25) is 0 Å². The Morgan fingerprint density at radius 1 is 1.29 bits per heavy atom. The molecule has 0 amide bonds. The molecule has 0 saturated heterocycles. The first kappa shape index (κ1) is 11.6. The summed E-state index contributed by atoms with van der Waals surface area (Å²) in [4.78, 5) is 23.8. The summed E-state index contributed by atoms with van der Waals surface area (Å²) in [7, 11) is 1.66. The van der Waals surface area contributed by atoms with Crippen LogP contribution in [0.5, 0.6) is 0 Å². The van der Waals surface area contributed by atoms with Gasteiger partial charge in [0.05, 0.1) is 10.9 Å². The average molecular weight is 232 g/mol. The van der Waals surface area contributed by atoms with E-state index in [0.29, 0.717) is 16.5 Å². The maximum atomic E-state index is 12.1. The van der Waals surface area contributed by atoms with Gasteiger partial charge in [0, 0.05) is 18.0 Å². The molecule has 0 fully saturated rings. The number of Topliss-reactive ketones (excluding diaryl/α,β-unsaturated/α-hetero) is 1. The molecule has 0 bridgehead atoms. The summed E-state index contributed by atoms with van der Waals surface area (Å²) < 4.78 is 1.41. The molecule has 0 saturated carbocycles.